The largest absolute Gasteiger partial charge is 0.378 e. The van der Waals surface area contributed by atoms with Gasteiger partial charge < -0.3 is 4.57 Å². The quantitative estimate of drug-likeness (QED) is 0.633. The lowest BCUT2D eigenvalue weighted by Crippen LogP contribution is -3.62. The first-order chi connectivity index (χ1) is 6.36. The molecule has 0 unspecified atom stereocenters. The second-order valence-corrected chi connectivity index (χ2v) is 5.72. The molecule has 2 heteroatoms. The molecule has 0 saturated heterocycles. The summed E-state index contributed by atoms with van der Waals surface area (Å²) in [5.74, 6) is 0. The lowest BCUT2D eigenvalue weighted by Gasteiger charge is -1.87. The second kappa shape index (κ2) is 3.96. The molecule has 66 valence electrons. The van der Waals surface area contributed by atoms with Gasteiger partial charge in [0.25, 0.3) is 3.70 Å². The van der Waals surface area contributed by atoms with Crippen LogP contribution in [0.15, 0.2) is 48.7 Å². The maximum atomic E-state index is 2.21. The summed E-state index contributed by atoms with van der Waals surface area (Å²) in [5, 5.41) is 0. The van der Waals surface area contributed by atoms with Crippen molar-refractivity contribution in [1.82, 2.24) is 4.57 Å². The lowest BCUT2D eigenvalue weighted by atomic mass is 10.4. The maximum absolute atomic E-state index is 2.21. The third kappa shape index (κ3) is 2.12. The van der Waals surface area contributed by atoms with Crippen LogP contribution in [0.2, 0.25) is 0 Å². The molecule has 1 aromatic carbocycles. The summed E-state index contributed by atoms with van der Waals surface area (Å²) in [4.78, 5) is 0. The van der Waals surface area contributed by atoms with Gasteiger partial charge in [-0.25, -0.2) is 0 Å². The summed E-state index contributed by atoms with van der Waals surface area (Å²) in [5.41, 5.74) is 0. The van der Waals surface area contributed by atoms with E-state index < -0.39 is 0 Å². The van der Waals surface area contributed by atoms with Crippen molar-refractivity contribution < 1.29 is 21.2 Å². The van der Waals surface area contributed by atoms with Crippen molar-refractivity contribution in [3.05, 3.63) is 55.9 Å². The van der Waals surface area contributed by atoms with E-state index in [-0.39, 0.29) is 21.2 Å². The van der Waals surface area contributed by atoms with Gasteiger partial charge in [-0.15, -0.1) is 0 Å². The van der Waals surface area contributed by atoms with Gasteiger partial charge in [-0.05, 0) is 18.2 Å². The average molecular weight is 284 g/mol. The Bertz CT molecular complexity index is 378. The van der Waals surface area contributed by atoms with E-state index in [0.717, 1.165) is 0 Å². The first kappa shape index (κ1) is 8.81. The summed E-state index contributed by atoms with van der Waals surface area (Å²) in [6.07, 6.45) is 2.11. The number of benzene rings is 1. The van der Waals surface area contributed by atoms with Crippen molar-refractivity contribution in [2.75, 3.05) is 0 Å². The van der Waals surface area contributed by atoms with E-state index >= 15 is 0 Å². The van der Waals surface area contributed by atoms with Crippen LogP contribution in [0.5, 0.6) is 0 Å². The smallest absolute Gasteiger partial charge is 0.313 e. The fraction of sp³-hybridized carbons (Fsp3) is 0.0909. The van der Waals surface area contributed by atoms with Crippen LogP contribution in [-0.4, -0.2) is 4.57 Å². The summed E-state index contributed by atoms with van der Waals surface area (Å²) < 4.78 is 5.15. The van der Waals surface area contributed by atoms with Crippen LogP contribution in [0, 0.1) is 7.27 Å². The third-order valence-electron chi connectivity index (χ3n) is 1.82. The summed E-state index contributed by atoms with van der Waals surface area (Å²) >= 11 is 0.00754. The van der Waals surface area contributed by atoms with Crippen molar-refractivity contribution in [1.29, 1.82) is 0 Å². The van der Waals surface area contributed by atoms with E-state index in [1.165, 1.54) is 7.27 Å². The Labute approximate surface area is 88.7 Å². The van der Waals surface area contributed by atoms with Crippen LogP contribution in [0.25, 0.3) is 0 Å². The van der Waals surface area contributed by atoms with E-state index in [1.54, 1.807) is 0 Å². The normalized spacial score (nSPS) is 10.2. The first-order valence-corrected chi connectivity index (χ1v) is 6.33. The molecule has 0 aliphatic heterocycles. The van der Waals surface area contributed by atoms with Crippen LogP contribution in [0.1, 0.15) is 0 Å². The first-order valence-electron chi connectivity index (χ1n) is 4.17. The van der Waals surface area contributed by atoms with Crippen LogP contribution in [-0.2, 0) is 7.05 Å². The van der Waals surface area contributed by atoms with Gasteiger partial charge in [0.05, 0.1) is 0 Å². The van der Waals surface area contributed by atoms with Crippen LogP contribution in [0.3, 0.4) is 0 Å². The van der Waals surface area contributed by atoms with E-state index in [9.17, 15) is 0 Å². The van der Waals surface area contributed by atoms with E-state index in [2.05, 4.69) is 60.3 Å². The standard InChI is InChI=1S/C11H11IN/c1-13-9-5-8-11(13)12-10-6-3-2-4-7-10/h2-9H,1H3/q+1. The van der Waals surface area contributed by atoms with Gasteiger partial charge in [-0.1, -0.05) is 18.2 Å². The summed E-state index contributed by atoms with van der Waals surface area (Å²) in [7, 11) is 2.11. The van der Waals surface area contributed by atoms with Gasteiger partial charge in [-0.2, -0.15) is 0 Å². The molecule has 0 N–H and O–H groups in total. The zero-order valence-corrected chi connectivity index (χ0v) is 9.60. The van der Waals surface area contributed by atoms with Crippen molar-refractivity contribution in [3.8, 4) is 0 Å². The number of halogens is 1. The van der Waals surface area contributed by atoms with E-state index in [0.29, 0.717) is 0 Å². The molecule has 2 aromatic rings. The fourth-order valence-corrected chi connectivity index (χ4v) is 3.47. The SMILES string of the molecule is Cn1cccc1[I+]c1ccccc1. The molecule has 1 aromatic heterocycles. The summed E-state index contributed by atoms with van der Waals surface area (Å²) in [6.45, 7) is 0. The number of aryl methyl sites for hydroxylation is 1. The Morgan fingerprint density at radius 1 is 1.00 bits per heavy atom. The Hall–Kier alpha value is -0.770. The van der Waals surface area contributed by atoms with Gasteiger partial charge in [0.2, 0.25) is 0 Å². The minimum absolute atomic E-state index is 0.00754. The maximum Gasteiger partial charge on any atom is 0.378 e. The zero-order valence-electron chi connectivity index (χ0n) is 7.44. The number of rotatable bonds is 2. The highest BCUT2D eigenvalue weighted by molar-refractivity contribution is 5.00. The molecule has 2 rings (SSSR count). The molecule has 0 saturated carbocycles. The Morgan fingerprint density at radius 3 is 2.38 bits per heavy atom. The van der Waals surface area contributed by atoms with Crippen LogP contribution in [0.4, 0.5) is 0 Å². The molecular formula is C11H11IN+. The van der Waals surface area contributed by atoms with Crippen molar-refractivity contribution in [2.24, 2.45) is 7.05 Å². The molecular weight excluding hydrogens is 273 g/mol. The van der Waals surface area contributed by atoms with Crippen molar-refractivity contribution >= 4 is 0 Å². The topological polar surface area (TPSA) is 4.93 Å². The molecule has 13 heavy (non-hydrogen) atoms. The van der Waals surface area contributed by atoms with E-state index in [4.69, 9.17) is 0 Å². The molecule has 0 aliphatic rings. The third-order valence-corrected chi connectivity index (χ3v) is 4.83. The van der Waals surface area contributed by atoms with Crippen LogP contribution >= 0.6 is 0 Å². The lowest BCUT2D eigenvalue weighted by molar-refractivity contribution is -0.605. The molecule has 0 aliphatic carbocycles. The molecule has 0 radical (unpaired) electrons. The predicted molar refractivity (Wildman–Crippen MR) is 49.2 cm³/mol. The number of hydrogen-bond acceptors (Lipinski definition) is 0. The predicted octanol–water partition coefficient (Wildman–Crippen LogP) is -0.846. The molecule has 1 nitrogen and oxygen atoms in total. The molecule has 0 spiro atoms. The van der Waals surface area contributed by atoms with Gasteiger partial charge in [0, 0.05) is 19.3 Å². The van der Waals surface area contributed by atoms with Gasteiger partial charge >= 0.3 is 21.2 Å². The van der Waals surface area contributed by atoms with Gasteiger partial charge in [0.1, 0.15) is 0 Å². The second-order valence-electron chi connectivity index (χ2n) is 2.83. The Balaban J connectivity index is 2.20. The van der Waals surface area contributed by atoms with Crippen molar-refractivity contribution in [3.63, 3.8) is 0 Å². The number of aromatic nitrogens is 1. The molecule has 0 fully saturated rings. The monoisotopic (exact) mass is 284 g/mol. The van der Waals surface area contributed by atoms with Gasteiger partial charge in [-0.3, -0.25) is 0 Å². The highest BCUT2D eigenvalue weighted by Gasteiger charge is 2.17. The fourth-order valence-electron chi connectivity index (χ4n) is 1.13. The molecule has 0 amide bonds. The highest BCUT2D eigenvalue weighted by Crippen LogP contribution is 1.86. The van der Waals surface area contributed by atoms with Gasteiger partial charge in [0.15, 0.2) is 3.57 Å². The summed E-state index contributed by atoms with van der Waals surface area (Å²) in [6, 6.07) is 15.0. The van der Waals surface area contributed by atoms with E-state index in [1.807, 2.05) is 0 Å². The molecule has 0 atom stereocenters. The molecule has 1 heterocycles. The Kier molecular flexibility index (Phi) is 2.68. The highest BCUT2D eigenvalue weighted by atomic mass is 127. The minimum Gasteiger partial charge on any atom is -0.313 e. The number of hydrogen-bond donors (Lipinski definition) is 0. The number of nitrogens with zero attached hydrogens (tertiary/aromatic N) is 1. The van der Waals surface area contributed by atoms with Crippen LogP contribution < -0.4 is 21.2 Å². The average Bonchev–Trinajstić information content (AvgIpc) is 2.54. The zero-order chi connectivity index (χ0) is 9.10. The Morgan fingerprint density at radius 2 is 1.77 bits per heavy atom. The molecule has 0 bridgehead atoms. The van der Waals surface area contributed by atoms with Crippen molar-refractivity contribution in [2.45, 2.75) is 0 Å². The minimum atomic E-state index is 0.00754.